The Morgan fingerprint density at radius 2 is 1.90 bits per heavy atom. The minimum Gasteiger partial charge on any atom is -0.493 e. The van der Waals surface area contributed by atoms with Gasteiger partial charge in [-0.1, -0.05) is 6.07 Å². The lowest BCUT2D eigenvalue weighted by atomic mass is 10.1. The highest BCUT2D eigenvalue weighted by atomic mass is 16.6. The summed E-state index contributed by atoms with van der Waals surface area (Å²) in [6, 6.07) is 3.52. The van der Waals surface area contributed by atoms with Gasteiger partial charge in [-0.15, -0.1) is 0 Å². The van der Waals surface area contributed by atoms with Gasteiger partial charge in [0, 0.05) is 0 Å². The molecule has 0 saturated carbocycles. The molecule has 110 valence electrons. The van der Waals surface area contributed by atoms with Crippen LogP contribution in [0.2, 0.25) is 0 Å². The van der Waals surface area contributed by atoms with Gasteiger partial charge in [-0.05, 0) is 44.9 Å². The number of carbonyl (C=O) groups is 2. The summed E-state index contributed by atoms with van der Waals surface area (Å²) in [4.78, 5) is 23.3. The number of carbonyl (C=O) groups excluding carboxylic acids is 2. The number of benzene rings is 1. The second kappa shape index (κ2) is 6.93. The number of ether oxygens (including phenoxy) is 3. The lowest BCUT2D eigenvalue weighted by Gasteiger charge is -2.18. The first-order valence-electron chi connectivity index (χ1n) is 6.40. The maximum absolute atomic E-state index is 11.7. The first-order valence-corrected chi connectivity index (χ1v) is 6.40. The minimum absolute atomic E-state index is 0.191. The first-order chi connectivity index (χ1) is 9.42. The molecule has 0 aliphatic rings. The zero-order chi connectivity index (χ0) is 15.3. The first kappa shape index (κ1) is 16.0. The zero-order valence-corrected chi connectivity index (χ0v) is 12.5. The molecule has 0 radical (unpaired) electrons. The van der Waals surface area contributed by atoms with E-state index in [0.29, 0.717) is 11.5 Å². The van der Waals surface area contributed by atoms with Crippen molar-refractivity contribution in [1.29, 1.82) is 0 Å². The van der Waals surface area contributed by atoms with E-state index < -0.39 is 17.9 Å². The molecule has 0 aromatic heterocycles. The van der Waals surface area contributed by atoms with Gasteiger partial charge < -0.3 is 14.2 Å². The topological polar surface area (TPSA) is 61.8 Å². The summed E-state index contributed by atoms with van der Waals surface area (Å²) >= 11 is 0. The Labute approximate surface area is 118 Å². The fourth-order valence-corrected chi connectivity index (χ4v) is 1.75. The summed E-state index contributed by atoms with van der Waals surface area (Å²) < 4.78 is 15.6. The highest BCUT2D eigenvalue weighted by Gasteiger charge is 2.28. The Hall–Kier alpha value is -2.04. The van der Waals surface area contributed by atoms with Crippen LogP contribution in [0.1, 0.15) is 25.0 Å². The molecule has 20 heavy (non-hydrogen) atoms. The fraction of sp³-hybridized carbons (Fsp3) is 0.467. The van der Waals surface area contributed by atoms with Gasteiger partial charge in [-0.3, -0.25) is 4.79 Å². The van der Waals surface area contributed by atoms with Crippen LogP contribution in [-0.2, 0) is 14.3 Å². The van der Waals surface area contributed by atoms with Crippen molar-refractivity contribution in [3.05, 3.63) is 23.3 Å². The highest BCUT2D eigenvalue weighted by Crippen LogP contribution is 2.33. The number of ketones is 1. The van der Waals surface area contributed by atoms with Crippen molar-refractivity contribution in [2.75, 3.05) is 13.7 Å². The van der Waals surface area contributed by atoms with E-state index in [4.69, 9.17) is 14.2 Å². The number of methoxy groups -OCH3 is 1. The molecule has 0 bridgehead atoms. The van der Waals surface area contributed by atoms with Gasteiger partial charge in [0.15, 0.2) is 17.3 Å². The maximum atomic E-state index is 11.7. The molecule has 0 heterocycles. The van der Waals surface area contributed by atoms with Crippen LogP contribution >= 0.6 is 0 Å². The van der Waals surface area contributed by atoms with E-state index in [1.54, 1.807) is 13.0 Å². The summed E-state index contributed by atoms with van der Waals surface area (Å²) in [7, 11) is 1.52. The lowest BCUT2D eigenvalue weighted by molar-refractivity contribution is -0.155. The fourth-order valence-electron chi connectivity index (χ4n) is 1.75. The van der Waals surface area contributed by atoms with Crippen molar-refractivity contribution >= 4 is 11.8 Å². The number of Topliss-reactive ketones (excluding diaryl/α,β-unsaturated/α-hetero) is 1. The molecule has 1 aromatic carbocycles. The summed E-state index contributed by atoms with van der Waals surface area (Å²) in [5, 5.41) is 0. The third kappa shape index (κ3) is 3.50. The second-order valence-electron chi connectivity index (χ2n) is 4.40. The molecule has 1 atom stereocenters. The number of aryl methyl sites for hydroxylation is 1. The summed E-state index contributed by atoms with van der Waals surface area (Å²) in [5.74, 6) is -0.242. The van der Waals surface area contributed by atoms with Gasteiger partial charge in [0.1, 0.15) is 0 Å². The molecule has 1 rings (SSSR count). The predicted octanol–water partition coefficient (Wildman–Crippen LogP) is 2.21. The largest absolute Gasteiger partial charge is 0.493 e. The van der Waals surface area contributed by atoms with E-state index >= 15 is 0 Å². The number of esters is 1. The molecule has 5 heteroatoms. The predicted molar refractivity (Wildman–Crippen MR) is 74.2 cm³/mol. The standard InChI is InChI=1S/C15H20O5/c1-6-19-15(17)14(11(4)16)20-12-8-7-9(2)10(3)13(12)18-5/h7-8,14H,6H2,1-5H3. The van der Waals surface area contributed by atoms with Crippen LogP contribution < -0.4 is 9.47 Å². The quantitative estimate of drug-likeness (QED) is 0.590. The van der Waals surface area contributed by atoms with Crippen molar-refractivity contribution in [3.8, 4) is 11.5 Å². The highest BCUT2D eigenvalue weighted by molar-refractivity contribution is 6.01. The Kier molecular flexibility index (Phi) is 5.55. The van der Waals surface area contributed by atoms with Crippen molar-refractivity contribution in [2.24, 2.45) is 0 Å². The average Bonchev–Trinajstić information content (AvgIpc) is 2.39. The van der Waals surface area contributed by atoms with Crippen molar-refractivity contribution in [3.63, 3.8) is 0 Å². The molecular formula is C15H20O5. The van der Waals surface area contributed by atoms with E-state index in [-0.39, 0.29) is 6.61 Å². The van der Waals surface area contributed by atoms with Gasteiger partial charge in [0.25, 0.3) is 6.10 Å². The van der Waals surface area contributed by atoms with Crippen LogP contribution in [0.4, 0.5) is 0 Å². The Bertz CT molecular complexity index is 507. The molecule has 0 amide bonds. The Morgan fingerprint density at radius 1 is 1.25 bits per heavy atom. The smallest absolute Gasteiger partial charge is 0.355 e. The summed E-state index contributed by atoms with van der Waals surface area (Å²) in [6.45, 7) is 6.97. The SMILES string of the molecule is CCOC(=O)C(Oc1ccc(C)c(C)c1OC)C(C)=O. The molecule has 0 saturated heterocycles. The third-order valence-corrected chi connectivity index (χ3v) is 2.96. The molecule has 0 spiro atoms. The molecule has 0 aliphatic heterocycles. The number of hydrogen-bond acceptors (Lipinski definition) is 5. The van der Waals surface area contributed by atoms with E-state index in [0.717, 1.165) is 11.1 Å². The van der Waals surface area contributed by atoms with E-state index in [1.165, 1.54) is 14.0 Å². The van der Waals surface area contributed by atoms with Crippen LogP contribution in [0.5, 0.6) is 11.5 Å². The minimum atomic E-state index is -1.27. The van der Waals surface area contributed by atoms with E-state index in [1.807, 2.05) is 19.9 Å². The van der Waals surface area contributed by atoms with Gasteiger partial charge in [-0.2, -0.15) is 0 Å². The van der Waals surface area contributed by atoms with Crippen LogP contribution in [0, 0.1) is 13.8 Å². The third-order valence-electron chi connectivity index (χ3n) is 2.96. The van der Waals surface area contributed by atoms with Crippen molar-refractivity contribution in [2.45, 2.75) is 33.8 Å². The van der Waals surface area contributed by atoms with Gasteiger partial charge in [-0.25, -0.2) is 4.79 Å². The Morgan fingerprint density at radius 3 is 2.40 bits per heavy atom. The molecule has 0 fully saturated rings. The molecular weight excluding hydrogens is 260 g/mol. The van der Waals surface area contributed by atoms with Gasteiger partial charge >= 0.3 is 5.97 Å². The molecule has 1 unspecified atom stereocenters. The van der Waals surface area contributed by atoms with E-state index in [2.05, 4.69) is 0 Å². The normalized spacial score (nSPS) is 11.7. The number of rotatable bonds is 6. The van der Waals surface area contributed by atoms with Crippen molar-refractivity contribution in [1.82, 2.24) is 0 Å². The molecule has 5 nitrogen and oxygen atoms in total. The second-order valence-corrected chi connectivity index (χ2v) is 4.40. The Balaban J connectivity index is 3.09. The van der Waals surface area contributed by atoms with Gasteiger partial charge in [0.2, 0.25) is 0 Å². The molecule has 0 aliphatic carbocycles. The van der Waals surface area contributed by atoms with Crippen LogP contribution in [-0.4, -0.2) is 31.6 Å². The summed E-state index contributed by atoms with van der Waals surface area (Å²) in [6.07, 6.45) is -1.27. The average molecular weight is 280 g/mol. The zero-order valence-electron chi connectivity index (χ0n) is 12.5. The molecule has 1 aromatic rings. The van der Waals surface area contributed by atoms with Crippen LogP contribution in [0.25, 0.3) is 0 Å². The van der Waals surface area contributed by atoms with Gasteiger partial charge in [0.05, 0.1) is 13.7 Å². The molecule has 0 N–H and O–H groups in total. The van der Waals surface area contributed by atoms with Crippen molar-refractivity contribution < 1.29 is 23.8 Å². The van der Waals surface area contributed by atoms with E-state index in [9.17, 15) is 9.59 Å². The lowest BCUT2D eigenvalue weighted by Crippen LogP contribution is -2.35. The maximum Gasteiger partial charge on any atom is 0.355 e. The van der Waals surface area contributed by atoms with Crippen LogP contribution in [0.3, 0.4) is 0 Å². The summed E-state index contributed by atoms with van der Waals surface area (Å²) in [5.41, 5.74) is 1.93. The number of hydrogen-bond donors (Lipinski definition) is 0. The monoisotopic (exact) mass is 280 g/mol. The van der Waals surface area contributed by atoms with Crippen LogP contribution in [0.15, 0.2) is 12.1 Å².